The number of benzene rings is 1. The van der Waals surface area contributed by atoms with Gasteiger partial charge in [0.2, 0.25) is 0 Å². The third-order valence-corrected chi connectivity index (χ3v) is 4.93. The van der Waals surface area contributed by atoms with Crippen molar-refractivity contribution >= 4 is 5.69 Å². The molecule has 2 heterocycles. The van der Waals surface area contributed by atoms with E-state index >= 15 is 0 Å². The molecule has 116 valence electrons. The molecule has 21 heavy (non-hydrogen) atoms. The average Bonchev–Trinajstić information content (AvgIpc) is 2.52. The summed E-state index contributed by atoms with van der Waals surface area (Å²) in [6, 6.07) is 6.79. The van der Waals surface area contributed by atoms with Crippen molar-refractivity contribution in [2.75, 3.05) is 50.8 Å². The van der Waals surface area contributed by atoms with Gasteiger partial charge in [-0.3, -0.25) is 4.90 Å². The predicted octanol–water partition coefficient (Wildman–Crippen LogP) is 2.85. The minimum absolute atomic E-state index is 0.853. The Labute approximate surface area is 128 Å². The summed E-state index contributed by atoms with van der Waals surface area (Å²) in [5, 5.41) is 0. The van der Waals surface area contributed by atoms with E-state index in [0.29, 0.717) is 0 Å². The Morgan fingerprint density at radius 2 is 1.76 bits per heavy atom. The summed E-state index contributed by atoms with van der Waals surface area (Å²) in [6.07, 6.45) is 2.49. The second-order valence-electron chi connectivity index (χ2n) is 6.63. The van der Waals surface area contributed by atoms with Crippen molar-refractivity contribution in [1.29, 1.82) is 0 Å². The Balaban J connectivity index is 1.53. The lowest BCUT2D eigenvalue weighted by molar-refractivity contribution is 0.0517. The highest BCUT2D eigenvalue weighted by Gasteiger charge is 2.22. The Kier molecular flexibility index (Phi) is 4.81. The van der Waals surface area contributed by atoms with Gasteiger partial charge in [0.15, 0.2) is 0 Å². The summed E-state index contributed by atoms with van der Waals surface area (Å²) in [6.45, 7) is 12.3. The van der Waals surface area contributed by atoms with E-state index in [9.17, 15) is 0 Å². The van der Waals surface area contributed by atoms with Crippen molar-refractivity contribution < 1.29 is 4.74 Å². The molecule has 0 bridgehead atoms. The van der Waals surface area contributed by atoms with Crippen LogP contribution in [0.25, 0.3) is 0 Å². The molecule has 0 aromatic heterocycles. The largest absolute Gasteiger partial charge is 0.381 e. The summed E-state index contributed by atoms with van der Waals surface area (Å²) in [5.41, 5.74) is 4.19. The second-order valence-corrected chi connectivity index (χ2v) is 6.63. The maximum Gasteiger partial charge on any atom is 0.0469 e. The highest BCUT2D eigenvalue weighted by Crippen LogP contribution is 2.23. The van der Waals surface area contributed by atoms with Crippen LogP contribution in [-0.4, -0.2) is 50.8 Å². The summed E-state index contributed by atoms with van der Waals surface area (Å²) >= 11 is 0. The Hall–Kier alpha value is -1.06. The van der Waals surface area contributed by atoms with Crippen molar-refractivity contribution in [2.45, 2.75) is 26.7 Å². The first kappa shape index (κ1) is 14.9. The van der Waals surface area contributed by atoms with Gasteiger partial charge in [0.1, 0.15) is 0 Å². The van der Waals surface area contributed by atoms with E-state index in [1.54, 1.807) is 0 Å². The Morgan fingerprint density at radius 3 is 2.48 bits per heavy atom. The predicted molar refractivity (Wildman–Crippen MR) is 88.1 cm³/mol. The van der Waals surface area contributed by atoms with E-state index in [4.69, 9.17) is 4.74 Å². The highest BCUT2D eigenvalue weighted by molar-refractivity contribution is 5.55. The molecular weight excluding hydrogens is 260 g/mol. The first-order valence-electron chi connectivity index (χ1n) is 8.34. The fourth-order valence-electron chi connectivity index (χ4n) is 3.53. The molecule has 0 N–H and O–H groups in total. The third kappa shape index (κ3) is 3.78. The maximum atomic E-state index is 5.46. The molecule has 3 nitrogen and oxygen atoms in total. The van der Waals surface area contributed by atoms with E-state index < -0.39 is 0 Å². The van der Waals surface area contributed by atoms with E-state index in [0.717, 1.165) is 32.2 Å². The summed E-state index contributed by atoms with van der Waals surface area (Å²) in [7, 11) is 0. The monoisotopic (exact) mass is 288 g/mol. The molecule has 0 atom stereocenters. The molecule has 2 saturated heterocycles. The van der Waals surface area contributed by atoms with Crippen molar-refractivity contribution in [3.8, 4) is 0 Å². The lowest BCUT2D eigenvalue weighted by atomic mass is 9.99. The van der Waals surface area contributed by atoms with Crippen molar-refractivity contribution in [3.63, 3.8) is 0 Å². The van der Waals surface area contributed by atoms with Crippen LogP contribution in [0.15, 0.2) is 18.2 Å². The molecule has 0 aliphatic carbocycles. The highest BCUT2D eigenvalue weighted by atomic mass is 16.5. The van der Waals surface area contributed by atoms with Crippen molar-refractivity contribution in [1.82, 2.24) is 4.90 Å². The molecule has 2 fully saturated rings. The van der Waals surface area contributed by atoms with Gasteiger partial charge in [0, 0.05) is 51.6 Å². The van der Waals surface area contributed by atoms with Gasteiger partial charge in [-0.05, 0) is 49.8 Å². The van der Waals surface area contributed by atoms with Crippen LogP contribution in [0.3, 0.4) is 0 Å². The zero-order valence-corrected chi connectivity index (χ0v) is 13.5. The van der Waals surface area contributed by atoms with E-state index in [1.165, 1.54) is 49.3 Å². The quantitative estimate of drug-likeness (QED) is 0.850. The average molecular weight is 288 g/mol. The maximum absolute atomic E-state index is 5.46. The minimum Gasteiger partial charge on any atom is -0.381 e. The molecule has 3 heteroatoms. The Morgan fingerprint density at radius 1 is 1.05 bits per heavy atom. The normalized spacial score (nSPS) is 21.7. The van der Waals surface area contributed by atoms with Gasteiger partial charge >= 0.3 is 0 Å². The SMILES string of the molecule is Cc1ccc(C)c(N2CCN(CC3CCOCC3)CC2)c1. The fraction of sp³-hybridized carbons (Fsp3) is 0.667. The molecule has 3 rings (SSSR count). The zero-order valence-electron chi connectivity index (χ0n) is 13.5. The van der Waals surface area contributed by atoms with Gasteiger partial charge in [-0.15, -0.1) is 0 Å². The topological polar surface area (TPSA) is 15.7 Å². The van der Waals surface area contributed by atoms with Crippen LogP contribution in [-0.2, 0) is 4.74 Å². The smallest absolute Gasteiger partial charge is 0.0469 e. The van der Waals surface area contributed by atoms with Gasteiger partial charge in [0.25, 0.3) is 0 Å². The fourth-order valence-corrected chi connectivity index (χ4v) is 3.53. The number of piperazine rings is 1. The number of anilines is 1. The lowest BCUT2D eigenvalue weighted by Crippen LogP contribution is -2.48. The third-order valence-electron chi connectivity index (χ3n) is 4.93. The van der Waals surface area contributed by atoms with Gasteiger partial charge in [-0.2, -0.15) is 0 Å². The summed E-state index contributed by atoms with van der Waals surface area (Å²) in [4.78, 5) is 5.21. The van der Waals surface area contributed by atoms with Crippen LogP contribution in [0, 0.1) is 19.8 Å². The van der Waals surface area contributed by atoms with Gasteiger partial charge < -0.3 is 9.64 Å². The Bertz CT molecular complexity index is 460. The van der Waals surface area contributed by atoms with E-state index in [1.807, 2.05) is 0 Å². The van der Waals surface area contributed by atoms with Crippen LogP contribution >= 0.6 is 0 Å². The van der Waals surface area contributed by atoms with Crippen molar-refractivity contribution in [2.24, 2.45) is 5.92 Å². The molecule has 1 aromatic carbocycles. The van der Waals surface area contributed by atoms with Crippen LogP contribution in [0.5, 0.6) is 0 Å². The van der Waals surface area contributed by atoms with Gasteiger partial charge in [0.05, 0.1) is 0 Å². The summed E-state index contributed by atoms with van der Waals surface area (Å²) in [5.74, 6) is 0.853. The van der Waals surface area contributed by atoms with Crippen LogP contribution < -0.4 is 4.90 Å². The van der Waals surface area contributed by atoms with Crippen LogP contribution in [0.1, 0.15) is 24.0 Å². The number of rotatable bonds is 3. The van der Waals surface area contributed by atoms with E-state index in [2.05, 4.69) is 41.8 Å². The molecule has 0 spiro atoms. The minimum atomic E-state index is 0.853. The number of hydrogen-bond acceptors (Lipinski definition) is 3. The molecule has 0 amide bonds. The standard InChI is InChI=1S/C18H28N2O/c1-15-3-4-16(2)18(13-15)20-9-7-19(8-10-20)14-17-5-11-21-12-6-17/h3-4,13,17H,5-12,14H2,1-2H3. The molecule has 0 radical (unpaired) electrons. The van der Waals surface area contributed by atoms with Crippen LogP contribution in [0.4, 0.5) is 5.69 Å². The zero-order chi connectivity index (χ0) is 14.7. The number of hydrogen-bond donors (Lipinski definition) is 0. The molecule has 0 unspecified atom stereocenters. The van der Waals surface area contributed by atoms with Crippen molar-refractivity contribution in [3.05, 3.63) is 29.3 Å². The first-order valence-corrected chi connectivity index (χ1v) is 8.34. The first-order chi connectivity index (χ1) is 10.2. The van der Waals surface area contributed by atoms with Gasteiger partial charge in [-0.25, -0.2) is 0 Å². The second kappa shape index (κ2) is 6.80. The number of nitrogens with zero attached hydrogens (tertiary/aromatic N) is 2. The number of ether oxygens (including phenoxy) is 1. The molecular formula is C18H28N2O. The number of aryl methyl sites for hydroxylation is 2. The molecule has 1 aromatic rings. The van der Waals surface area contributed by atoms with E-state index in [-0.39, 0.29) is 0 Å². The molecule has 0 saturated carbocycles. The molecule has 2 aliphatic rings. The van der Waals surface area contributed by atoms with Gasteiger partial charge in [-0.1, -0.05) is 12.1 Å². The van der Waals surface area contributed by atoms with Crippen LogP contribution in [0.2, 0.25) is 0 Å². The lowest BCUT2D eigenvalue weighted by Gasteiger charge is -2.38. The summed E-state index contributed by atoms with van der Waals surface area (Å²) < 4.78 is 5.46. The molecule has 2 aliphatic heterocycles.